The molecule has 3 nitrogen and oxygen atoms in total. The normalized spacial score (nSPS) is 12.2. The number of ether oxygens (including phenoxy) is 1. The molecule has 0 rings (SSSR count). The minimum atomic E-state index is -0.162. The molecule has 1 amide bonds. The topological polar surface area (TPSA) is 38.3 Å². The molecule has 0 bridgehead atoms. The number of nitrogens with one attached hydrogen (secondary N) is 1. The minimum Gasteiger partial charge on any atom is -0.383 e. The van der Waals surface area contributed by atoms with Crippen LogP contribution < -0.4 is 5.32 Å². The van der Waals surface area contributed by atoms with Gasteiger partial charge < -0.3 is 10.1 Å². The smallest absolute Gasteiger partial charge is 0.243 e. The van der Waals surface area contributed by atoms with E-state index in [0.717, 1.165) is 0 Å². The molecule has 0 fully saturated rings. The van der Waals surface area contributed by atoms with Gasteiger partial charge in [-0.3, -0.25) is 4.79 Å². The average molecular weight is 143 g/mol. The van der Waals surface area contributed by atoms with Crippen molar-refractivity contribution in [3.05, 3.63) is 12.7 Å². The van der Waals surface area contributed by atoms with Gasteiger partial charge in [-0.25, -0.2) is 0 Å². The van der Waals surface area contributed by atoms with E-state index >= 15 is 0 Å². The third-order valence-corrected chi connectivity index (χ3v) is 0.991. The summed E-state index contributed by atoms with van der Waals surface area (Å²) in [5.74, 6) is -0.162. The maximum Gasteiger partial charge on any atom is 0.243 e. The molecular weight excluding hydrogens is 130 g/mol. The van der Waals surface area contributed by atoms with E-state index in [9.17, 15) is 4.79 Å². The molecule has 0 aliphatic heterocycles. The van der Waals surface area contributed by atoms with Gasteiger partial charge in [-0.1, -0.05) is 6.58 Å². The lowest BCUT2D eigenvalue weighted by Gasteiger charge is -2.09. The Morgan fingerprint density at radius 2 is 2.50 bits per heavy atom. The van der Waals surface area contributed by atoms with Crippen LogP contribution in [-0.4, -0.2) is 25.7 Å². The Hall–Kier alpha value is -0.830. The summed E-state index contributed by atoms with van der Waals surface area (Å²) in [7, 11) is 1.59. The van der Waals surface area contributed by atoms with Gasteiger partial charge in [-0.2, -0.15) is 0 Å². The first-order valence-electron chi connectivity index (χ1n) is 3.12. The Kier molecular flexibility index (Phi) is 4.58. The van der Waals surface area contributed by atoms with Crippen molar-refractivity contribution in [3.63, 3.8) is 0 Å². The lowest BCUT2D eigenvalue weighted by molar-refractivity contribution is -0.117. The molecule has 0 radical (unpaired) electrons. The Balaban J connectivity index is 3.46. The van der Waals surface area contributed by atoms with Crippen LogP contribution in [-0.2, 0) is 9.53 Å². The van der Waals surface area contributed by atoms with E-state index in [1.165, 1.54) is 6.08 Å². The Labute approximate surface area is 61.1 Å². The van der Waals surface area contributed by atoms with E-state index < -0.39 is 0 Å². The first-order chi connectivity index (χ1) is 4.70. The first-order valence-corrected chi connectivity index (χ1v) is 3.12. The highest BCUT2D eigenvalue weighted by molar-refractivity contribution is 5.87. The van der Waals surface area contributed by atoms with E-state index in [0.29, 0.717) is 6.61 Å². The zero-order valence-electron chi connectivity index (χ0n) is 6.39. The lowest BCUT2D eigenvalue weighted by Crippen LogP contribution is -2.34. The SMILES string of the molecule is C=CC(=O)N[C@@H](C)COC. The van der Waals surface area contributed by atoms with Crippen molar-refractivity contribution in [1.82, 2.24) is 5.32 Å². The molecule has 1 N–H and O–H groups in total. The quantitative estimate of drug-likeness (QED) is 0.576. The molecule has 0 spiro atoms. The van der Waals surface area contributed by atoms with Gasteiger partial charge in [0.2, 0.25) is 5.91 Å². The van der Waals surface area contributed by atoms with Crippen LogP contribution in [0.25, 0.3) is 0 Å². The molecule has 0 aromatic carbocycles. The van der Waals surface area contributed by atoms with Crippen LogP contribution in [0.2, 0.25) is 0 Å². The molecule has 58 valence electrons. The molecule has 0 heterocycles. The lowest BCUT2D eigenvalue weighted by atomic mass is 10.3. The van der Waals surface area contributed by atoms with Crippen molar-refractivity contribution in [2.24, 2.45) is 0 Å². The van der Waals surface area contributed by atoms with Gasteiger partial charge in [0.25, 0.3) is 0 Å². The monoisotopic (exact) mass is 143 g/mol. The molecule has 0 saturated heterocycles. The minimum absolute atomic E-state index is 0.0514. The van der Waals surface area contributed by atoms with Crippen LogP contribution in [0, 0.1) is 0 Å². The summed E-state index contributed by atoms with van der Waals surface area (Å²) in [4.78, 5) is 10.6. The fourth-order valence-corrected chi connectivity index (χ4v) is 0.593. The Bertz CT molecular complexity index is 123. The molecule has 0 aliphatic carbocycles. The number of carbonyl (C=O) groups excluding carboxylic acids is 1. The predicted octanol–water partition coefficient (Wildman–Crippen LogP) is 0.323. The van der Waals surface area contributed by atoms with Crippen molar-refractivity contribution >= 4 is 5.91 Å². The van der Waals surface area contributed by atoms with Gasteiger partial charge >= 0.3 is 0 Å². The predicted molar refractivity (Wildman–Crippen MR) is 39.7 cm³/mol. The zero-order valence-corrected chi connectivity index (χ0v) is 6.39. The summed E-state index contributed by atoms with van der Waals surface area (Å²) in [6, 6.07) is 0.0514. The maximum absolute atomic E-state index is 10.6. The van der Waals surface area contributed by atoms with Crippen LogP contribution >= 0.6 is 0 Å². The molecule has 0 aromatic rings. The van der Waals surface area contributed by atoms with E-state index in [4.69, 9.17) is 4.74 Å². The number of amides is 1. The van der Waals surface area contributed by atoms with E-state index in [-0.39, 0.29) is 11.9 Å². The van der Waals surface area contributed by atoms with Gasteiger partial charge in [0.1, 0.15) is 0 Å². The summed E-state index contributed by atoms with van der Waals surface area (Å²) in [6.45, 7) is 5.71. The number of rotatable bonds is 4. The number of methoxy groups -OCH3 is 1. The van der Waals surface area contributed by atoms with Crippen molar-refractivity contribution in [3.8, 4) is 0 Å². The molecular formula is C7H13NO2. The molecule has 10 heavy (non-hydrogen) atoms. The van der Waals surface area contributed by atoms with E-state index in [1.54, 1.807) is 7.11 Å². The van der Waals surface area contributed by atoms with Crippen LogP contribution in [0.1, 0.15) is 6.92 Å². The molecule has 1 atom stereocenters. The van der Waals surface area contributed by atoms with Crippen molar-refractivity contribution < 1.29 is 9.53 Å². The average Bonchev–Trinajstić information content (AvgIpc) is 1.88. The zero-order chi connectivity index (χ0) is 7.98. The van der Waals surface area contributed by atoms with Crippen molar-refractivity contribution in [2.75, 3.05) is 13.7 Å². The number of carbonyl (C=O) groups is 1. The van der Waals surface area contributed by atoms with Gasteiger partial charge in [0.15, 0.2) is 0 Å². The maximum atomic E-state index is 10.6. The third-order valence-electron chi connectivity index (χ3n) is 0.991. The van der Waals surface area contributed by atoms with E-state index in [1.807, 2.05) is 6.92 Å². The van der Waals surface area contributed by atoms with Gasteiger partial charge in [-0.15, -0.1) is 0 Å². The molecule has 0 saturated carbocycles. The Morgan fingerprint density at radius 1 is 1.90 bits per heavy atom. The van der Waals surface area contributed by atoms with E-state index in [2.05, 4.69) is 11.9 Å². The highest BCUT2D eigenvalue weighted by Gasteiger charge is 2.01. The summed E-state index contributed by atoms with van der Waals surface area (Å²) in [5.41, 5.74) is 0. The van der Waals surface area contributed by atoms with Crippen molar-refractivity contribution in [2.45, 2.75) is 13.0 Å². The van der Waals surface area contributed by atoms with Gasteiger partial charge in [-0.05, 0) is 13.0 Å². The third kappa shape index (κ3) is 4.09. The molecule has 0 aromatic heterocycles. The molecule has 0 aliphatic rings. The highest BCUT2D eigenvalue weighted by Crippen LogP contribution is 1.81. The van der Waals surface area contributed by atoms with Gasteiger partial charge in [0, 0.05) is 13.2 Å². The van der Waals surface area contributed by atoms with Crippen LogP contribution in [0.5, 0.6) is 0 Å². The van der Waals surface area contributed by atoms with Crippen LogP contribution in [0.15, 0.2) is 12.7 Å². The first kappa shape index (κ1) is 9.17. The number of hydrogen-bond donors (Lipinski definition) is 1. The van der Waals surface area contributed by atoms with Crippen LogP contribution in [0.3, 0.4) is 0 Å². The fraction of sp³-hybridized carbons (Fsp3) is 0.571. The second kappa shape index (κ2) is 4.99. The highest BCUT2D eigenvalue weighted by atomic mass is 16.5. The standard InChI is InChI=1S/C7H13NO2/c1-4-7(9)8-6(2)5-10-3/h4,6H,1,5H2,2-3H3,(H,8,9)/t6-/m0/s1. The summed E-state index contributed by atoms with van der Waals surface area (Å²) in [5, 5.41) is 2.65. The Morgan fingerprint density at radius 3 is 2.90 bits per heavy atom. The van der Waals surface area contributed by atoms with Crippen molar-refractivity contribution in [1.29, 1.82) is 0 Å². The summed E-state index contributed by atoms with van der Waals surface area (Å²) in [6.07, 6.45) is 1.24. The van der Waals surface area contributed by atoms with Crippen LogP contribution in [0.4, 0.5) is 0 Å². The number of hydrogen-bond acceptors (Lipinski definition) is 2. The second-order valence-electron chi connectivity index (χ2n) is 2.07. The van der Waals surface area contributed by atoms with Gasteiger partial charge in [0.05, 0.1) is 6.61 Å². The molecule has 3 heteroatoms. The second-order valence-corrected chi connectivity index (χ2v) is 2.07. The molecule has 0 unspecified atom stereocenters. The fourth-order valence-electron chi connectivity index (χ4n) is 0.593. The summed E-state index contributed by atoms with van der Waals surface area (Å²) < 4.78 is 4.80. The summed E-state index contributed by atoms with van der Waals surface area (Å²) >= 11 is 0. The largest absolute Gasteiger partial charge is 0.383 e.